The maximum Gasteiger partial charge on any atom is 0.530 e. The van der Waals surface area contributed by atoms with Crippen molar-refractivity contribution in [2.45, 2.75) is 103 Å². The van der Waals surface area contributed by atoms with Crippen LogP contribution in [0.25, 0.3) is 0 Å². The van der Waals surface area contributed by atoms with Crippen LogP contribution in [0.5, 0.6) is 0 Å². The van der Waals surface area contributed by atoms with Gasteiger partial charge in [-0.05, 0) is 53.4 Å². The van der Waals surface area contributed by atoms with Crippen LogP contribution in [0, 0.1) is 5.92 Å². The molecule has 170 valence electrons. The van der Waals surface area contributed by atoms with Crippen molar-refractivity contribution in [1.29, 1.82) is 0 Å². The van der Waals surface area contributed by atoms with Gasteiger partial charge in [0.05, 0.1) is 31.0 Å². The lowest BCUT2D eigenvalue weighted by Crippen LogP contribution is -2.44. The maximum absolute atomic E-state index is 12.5. The molecule has 29 heavy (non-hydrogen) atoms. The molecule has 2 aliphatic rings. The summed E-state index contributed by atoms with van der Waals surface area (Å²) in [6.07, 6.45) is -2.01. The van der Waals surface area contributed by atoms with Crippen LogP contribution < -0.4 is 0 Å². The number of carbonyl (C=O) groups is 1. The number of carbonyl (C=O) groups excluding carboxylic acids is 1. The average Bonchev–Trinajstić information content (AvgIpc) is 3.03. The van der Waals surface area contributed by atoms with Crippen LogP contribution in [0.1, 0.15) is 60.8 Å². The molecular formula is C19H35O9P. The van der Waals surface area contributed by atoms with Crippen molar-refractivity contribution in [3.63, 3.8) is 0 Å². The lowest BCUT2D eigenvalue weighted by atomic mass is 10.0. The van der Waals surface area contributed by atoms with E-state index in [0.29, 0.717) is 19.3 Å². The molecule has 0 bridgehead atoms. The summed E-state index contributed by atoms with van der Waals surface area (Å²) in [6.45, 7) is 11.0. The number of phosphoric acid groups is 1. The number of hydrogen-bond donors (Lipinski definition) is 2. The third kappa shape index (κ3) is 6.99. The molecule has 0 spiro atoms. The second-order valence-corrected chi connectivity index (χ2v) is 10.1. The van der Waals surface area contributed by atoms with E-state index < -0.39 is 37.7 Å². The Morgan fingerprint density at radius 1 is 1.21 bits per heavy atom. The van der Waals surface area contributed by atoms with E-state index in [1.165, 1.54) is 0 Å². The Bertz CT molecular complexity index is 610. The number of phosphoric ester groups is 1. The molecule has 2 N–H and O–H groups in total. The second-order valence-electron chi connectivity index (χ2n) is 8.81. The van der Waals surface area contributed by atoms with Gasteiger partial charge in [-0.2, -0.15) is 0 Å². The van der Waals surface area contributed by atoms with Gasteiger partial charge in [-0.1, -0.05) is 6.92 Å². The van der Waals surface area contributed by atoms with E-state index >= 15 is 0 Å². The largest absolute Gasteiger partial charge is 0.530 e. The van der Waals surface area contributed by atoms with E-state index in [1.807, 2.05) is 34.6 Å². The Labute approximate surface area is 172 Å². The first-order valence-corrected chi connectivity index (χ1v) is 11.7. The summed E-state index contributed by atoms with van der Waals surface area (Å²) in [5.74, 6) is -0.960. The van der Waals surface area contributed by atoms with Crippen LogP contribution in [0.15, 0.2) is 0 Å². The fourth-order valence-corrected chi connectivity index (χ4v) is 4.86. The molecule has 0 radical (unpaired) electrons. The van der Waals surface area contributed by atoms with Gasteiger partial charge >= 0.3 is 13.8 Å². The minimum Gasteiger partial charge on any atom is -0.385 e. The average molecular weight is 438 g/mol. The Morgan fingerprint density at radius 2 is 1.86 bits per heavy atom. The molecule has 2 rings (SSSR count). The first-order valence-electron chi connectivity index (χ1n) is 10.2. The Kier molecular flexibility index (Phi) is 8.29. The van der Waals surface area contributed by atoms with Gasteiger partial charge < -0.3 is 23.8 Å². The third-order valence-corrected chi connectivity index (χ3v) is 5.94. The van der Waals surface area contributed by atoms with Crippen molar-refractivity contribution in [1.82, 2.24) is 0 Å². The predicted octanol–water partition coefficient (Wildman–Crippen LogP) is 2.57. The van der Waals surface area contributed by atoms with Gasteiger partial charge in [0, 0.05) is 6.42 Å². The molecule has 10 heteroatoms. The van der Waals surface area contributed by atoms with Crippen molar-refractivity contribution in [2.24, 2.45) is 5.92 Å². The normalized spacial score (nSPS) is 37.2. The van der Waals surface area contributed by atoms with Gasteiger partial charge in [0.1, 0.15) is 11.7 Å². The summed E-state index contributed by atoms with van der Waals surface area (Å²) in [5.41, 5.74) is -1.43. The minimum atomic E-state index is -4.79. The van der Waals surface area contributed by atoms with E-state index in [2.05, 4.69) is 0 Å². The monoisotopic (exact) mass is 438 g/mol. The molecule has 0 amide bonds. The highest BCUT2D eigenvalue weighted by molar-refractivity contribution is 7.48. The molecule has 2 fully saturated rings. The van der Waals surface area contributed by atoms with Crippen molar-refractivity contribution in [2.75, 3.05) is 6.61 Å². The van der Waals surface area contributed by atoms with Crippen LogP contribution in [-0.4, -0.2) is 64.8 Å². The van der Waals surface area contributed by atoms with Crippen molar-refractivity contribution in [3.05, 3.63) is 0 Å². The number of aliphatic hydroxyl groups is 1. The Balaban J connectivity index is 2.02. The number of hydrogen-bond acceptors (Lipinski definition) is 8. The first-order chi connectivity index (χ1) is 13.3. The quantitative estimate of drug-likeness (QED) is 0.523. The van der Waals surface area contributed by atoms with E-state index in [1.54, 1.807) is 6.92 Å². The first kappa shape index (κ1) is 24.7. The Hall–Kier alpha value is -0.540. The third-order valence-electron chi connectivity index (χ3n) is 5.01. The SMILES string of the molecule is CC(C)OC[C@@]1(O)C[C@@H](C)CC1OP(=O)(O)OC(=O)[C@H]1O[C@@H](C)CC1OC(C)C. The Morgan fingerprint density at radius 3 is 2.45 bits per heavy atom. The zero-order chi connectivity index (χ0) is 22.0. The second kappa shape index (κ2) is 9.73. The van der Waals surface area contributed by atoms with Gasteiger partial charge in [-0.3, -0.25) is 9.42 Å². The van der Waals surface area contributed by atoms with Gasteiger partial charge in [-0.15, -0.1) is 0 Å². The predicted molar refractivity (Wildman–Crippen MR) is 104 cm³/mol. The van der Waals surface area contributed by atoms with Crippen LogP contribution in [0.4, 0.5) is 0 Å². The van der Waals surface area contributed by atoms with E-state index in [0.717, 1.165) is 0 Å². The molecule has 1 aliphatic carbocycles. The van der Waals surface area contributed by atoms with Gasteiger partial charge in [0.2, 0.25) is 0 Å². The molecule has 9 nitrogen and oxygen atoms in total. The molecule has 1 saturated carbocycles. The smallest absolute Gasteiger partial charge is 0.385 e. The molecule has 0 aromatic rings. The fraction of sp³-hybridized carbons (Fsp3) is 0.947. The standard InChI is InChI=1S/C19H35O9P/c1-11(2)24-10-19(21)9-13(5)7-16(19)27-29(22,23)28-18(20)17-15(25-12(3)4)8-14(6)26-17/h11-17,21H,7-10H2,1-6H3,(H,22,23)/t13-,14-,15?,16?,17-,19-/m0/s1. The zero-order valence-corrected chi connectivity index (χ0v) is 19.0. The highest BCUT2D eigenvalue weighted by Crippen LogP contribution is 2.51. The highest BCUT2D eigenvalue weighted by atomic mass is 31.2. The van der Waals surface area contributed by atoms with Crippen molar-refractivity contribution < 1.29 is 42.6 Å². The van der Waals surface area contributed by atoms with E-state index in [-0.39, 0.29) is 30.8 Å². The molecule has 1 heterocycles. The summed E-state index contributed by atoms with van der Waals surface area (Å²) < 4.78 is 39.2. The highest BCUT2D eigenvalue weighted by Gasteiger charge is 2.51. The fourth-order valence-electron chi connectivity index (χ4n) is 3.88. The summed E-state index contributed by atoms with van der Waals surface area (Å²) >= 11 is 0. The summed E-state index contributed by atoms with van der Waals surface area (Å²) in [5, 5.41) is 10.9. The van der Waals surface area contributed by atoms with E-state index in [4.69, 9.17) is 23.3 Å². The molecule has 0 aromatic heterocycles. The van der Waals surface area contributed by atoms with Crippen LogP contribution in [-0.2, 0) is 32.6 Å². The van der Waals surface area contributed by atoms with Crippen LogP contribution >= 0.6 is 7.82 Å². The molecule has 1 saturated heterocycles. The molecule has 1 aliphatic heterocycles. The zero-order valence-electron chi connectivity index (χ0n) is 18.1. The number of rotatable bonds is 9. The van der Waals surface area contributed by atoms with Crippen molar-refractivity contribution >= 4 is 13.8 Å². The summed E-state index contributed by atoms with van der Waals surface area (Å²) in [7, 11) is -4.79. The number of ether oxygens (including phenoxy) is 3. The van der Waals surface area contributed by atoms with Gasteiger partial charge in [0.15, 0.2) is 6.10 Å². The molecule has 7 atom stereocenters. The minimum absolute atomic E-state index is 0.0405. The molecule has 3 unspecified atom stereocenters. The van der Waals surface area contributed by atoms with Crippen LogP contribution in [0.3, 0.4) is 0 Å². The van der Waals surface area contributed by atoms with Gasteiger partial charge in [-0.25, -0.2) is 9.36 Å². The van der Waals surface area contributed by atoms with Crippen molar-refractivity contribution in [3.8, 4) is 0 Å². The molecular weight excluding hydrogens is 403 g/mol. The lowest BCUT2D eigenvalue weighted by Gasteiger charge is -2.31. The lowest BCUT2D eigenvalue weighted by molar-refractivity contribution is -0.157. The van der Waals surface area contributed by atoms with Crippen LogP contribution in [0.2, 0.25) is 0 Å². The maximum atomic E-state index is 12.5. The van der Waals surface area contributed by atoms with Gasteiger partial charge in [0.25, 0.3) is 0 Å². The summed E-state index contributed by atoms with van der Waals surface area (Å²) in [6, 6.07) is 0. The topological polar surface area (TPSA) is 121 Å². The summed E-state index contributed by atoms with van der Waals surface area (Å²) in [4.78, 5) is 22.7. The molecule has 0 aromatic carbocycles. The van der Waals surface area contributed by atoms with E-state index in [9.17, 15) is 19.4 Å².